The molecular formula is C13H16F3NO2. The van der Waals surface area contributed by atoms with Crippen molar-refractivity contribution >= 4 is 5.91 Å². The molecule has 0 heterocycles. The van der Waals surface area contributed by atoms with Crippen LogP contribution in [0.5, 0.6) is 5.75 Å². The van der Waals surface area contributed by atoms with Crippen molar-refractivity contribution < 1.29 is 22.7 Å². The van der Waals surface area contributed by atoms with Crippen molar-refractivity contribution in [2.75, 3.05) is 6.61 Å². The van der Waals surface area contributed by atoms with Crippen LogP contribution in [0.3, 0.4) is 0 Å². The lowest BCUT2D eigenvalue weighted by molar-refractivity contribution is -0.138. The molecule has 0 atom stereocenters. The molecule has 0 bridgehead atoms. The first-order chi connectivity index (χ1) is 8.68. The van der Waals surface area contributed by atoms with Crippen LogP contribution in [0.2, 0.25) is 0 Å². The van der Waals surface area contributed by atoms with E-state index in [-0.39, 0.29) is 29.4 Å². The molecule has 3 nitrogen and oxygen atoms in total. The molecule has 106 valence electrons. The van der Waals surface area contributed by atoms with E-state index in [2.05, 4.69) is 0 Å². The van der Waals surface area contributed by atoms with Crippen LogP contribution in [-0.4, -0.2) is 12.5 Å². The van der Waals surface area contributed by atoms with E-state index < -0.39 is 17.6 Å². The fourth-order valence-electron chi connectivity index (χ4n) is 1.79. The largest absolute Gasteiger partial charge is 0.493 e. The molecule has 0 aromatic heterocycles. The highest BCUT2D eigenvalue weighted by Crippen LogP contribution is 2.38. The standard InChI is InChI=1S/C13H16F3NO2/c1-4-19-11-6-8(7(2)3)10(13(14,15)16)5-9(11)12(17)18/h5-7H,4H2,1-3H3,(H2,17,18). The Balaban J connectivity index is 3.55. The number of amides is 1. The van der Waals surface area contributed by atoms with Gasteiger partial charge in [-0.15, -0.1) is 0 Å². The minimum atomic E-state index is -4.53. The molecule has 0 radical (unpaired) electrons. The molecular weight excluding hydrogens is 259 g/mol. The molecule has 0 aliphatic heterocycles. The van der Waals surface area contributed by atoms with E-state index in [1.54, 1.807) is 20.8 Å². The third-order valence-corrected chi connectivity index (χ3v) is 2.64. The van der Waals surface area contributed by atoms with Gasteiger partial charge in [0.2, 0.25) is 0 Å². The summed E-state index contributed by atoms with van der Waals surface area (Å²) < 4.78 is 44.1. The predicted octanol–water partition coefficient (Wildman–Crippen LogP) is 3.33. The number of ether oxygens (including phenoxy) is 1. The highest BCUT2D eigenvalue weighted by molar-refractivity contribution is 5.96. The van der Waals surface area contributed by atoms with Gasteiger partial charge in [0.15, 0.2) is 0 Å². The number of halogens is 3. The summed E-state index contributed by atoms with van der Waals surface area (Å²) in [5.41, 5.74) is 4.08. The monoisotopic (exact) mass is 275 g/mol. The second kappa shape index (κ2) is 5.50. The Morgan fingerprint density at radius 2 is 1.95 bits per heavy atom. The quantitative estimate of drug-likeness (QED) is 0.916. The van der Waals surface area contributed by atoms with Crippen LogP contribution in [0, 0.1) is 0 Å². The molecule has 1 rings (SSSR count). The van der Waals surface area contributed by atoms with Crippen LogP contribution in [0.25, 0.3) is 0 Å². The molecule has 1 amide bonds. The molecule has 2 N–H and O–H groups in total. The lowest BCUT2D eigenvalue weighted by Gasteiger charge is -2.19. The number of nitrogens with two attached hydrogens (primary N) is 1. The van der Waals surface area contributed by atoms with E-state index in [1.165, 1.54) is 6.07 Å². The van der Waals surface area contributed by atoms with Crippen molar-refractivity contribution in [1.82, 2.24) is 0 Å². The summed E-state index contributed by atoms with van der Waals surface area (Å²) in [5.74, 6) is -1.20. The number of alkyl halides is 3. The summed E-state index contributed by atoms with van der Waals surface area (Å²) in [6.45, 7) is 5.20. The zero-order valence-corrected chi connectivity index (χ0v) is 11.0. The van der Waals surface area contributed by atoms with Crippen LogP contribution in [0.15, 0.2) is 12.1 Å². The number of carbonyl (C=O) groups excluding carboxylic acids is 1. The van der Waals surface area contributed by atoms with Gasteiger partial charge in [-0.3, -0.25) is 4.79 Å². The predicted molar refractivity (Wildman–Crippen MR) is 65.2 cm³/mol. The summed E-state index contributed by atoms with van der Waals surface area (Å²) >= 11 is 0. The average molecular weight is 275 g/mol. The maximum atomic E-state index is 13.0. The normalized spacial score (nSPS) is 11.7. The Kier molecular flexibility index (Phi) is 4.44. The van der Waals surface area contributed by atoms with Gasteiger partial charge in [-0.05, 0) is 30.5 Å². The summed E-state index contributed by atoms with van der Waals surface area (Å²) in [4.78, 5) is 11.2. The van der Waals surface area contributed by atoms with Crippen LogP contribution in [0.1, 0.15) is 48.2 Å². The zero-order chi connectivity index (χ0) is 14.8. The van der Waals surface area contributed by atoms with Gasteiger partial charge in [0.05, 0.1) is 17.7 Å². The minimum absolute atomic E-state index is 0.0842. The molecule has 0 saturated carbocycles. The topological polar surface area (TPSA) is 52.3 Å². The Morgan fingerprint density at radius 1 is 1.37 bits per heavy atom. The molecule has 0 saturated heterocycles. The summed E-state index contributed by atoms with van der Waals surface area (Å²) in [5, 5.41) is 0. The first-order valence-electron chi connectivity index (χ1n) is 5.86. The average Bonchev–Trinajstić information content (AvgIpc) is 2.26. The summed E-state index contributed by atoms with van der Waals surface area (Å²) in [6, 6.07) is 2.01. The van der Waals surface area contributed by atoms with Gasteiger partial charge in [0.25, 0.3) is 5.91 Å². The van der Waals surface area contributed by atoms with Crippen LogP contribution < -0.4 is 10.5 Å². The molecule has 0 aliphatic rings. The van der Waals surface area contributed by atoms with Gasteiger partial charge in [0.1, 0.15) is 5.75 Å². The van der Waals surface area contributed by atoms with Crippen LogP contribution in [0.4, 0.5) is 13.2 Å². The van der Waals surface area contributed by atoms with Crippen molar-refractivity contribution in [2.45, 2.75) is 32.9 Å². The number of primary amides is 1. The smallest absolute Gasteiger partial charge is 0.416 e. The number of hydrogen-bond acceptors (Lipinski definition) is 2. The zero-order valence-electron chi connectivity index (χ0n) is 11.0. The van der Waals surface area contributed by atoms with Gasteiger partial charge in [-0.2, -0.15) is 13.2 Å². The van der Waals surface area contributed by atoms with Crippen molar-refractivity contribution in [3.63, 3.8) is 0 Å². The highest BCUT2D eigenvalue weighted by Gasteiger charge is 2.35. The number of carbonyl (C=O) groups is 1. The van der Waals surface area contributed by atoms with Crippen LogP contribution in [-0.2, 0) is 6.18 Å². The first kappa shape index (κ1) is 15.3. The number of benzene rings is 1. The Morgan fingerprint density at radius 3 is 2.32 bits per heavy atom. The molecule has 6 heteroatoms. The number of hydrogen-bond donors (Lipinski definition) is 1. The number of rotatable bonds is 4. The maximum Gasteiger partial charge on any atom is 0.416 e. The third-order valence-electron chi connectivity index (χ3n) is 2.64. The SMILES string of the molecule is CCOc1cc(C(C)C)c(C(F)(F)F)cc1C(N)=O. The molecule has 1 aromatic rings. The minimum Gasteiger partial charge on any atom is -0.493 e. The van der Waals surface area contributed by atoms with Gasteiger partial charge < -0.3 is 10.5 Å². The van der Waals surface area contributed by atoms with E-state index in [0.717, 1.165) is 6.07 Å². The van der Waals surface area contributed by atoms with E-state index in [9.17, 15) is 18.0 Å². The van der Waals surface area contributed by atoms with Crippen molar-refractivity contribution in [3.05, 3.63) is 28.8 Å². The van der Waals surface area contributed by atoms with Crippen molar-refractivity contribution in [2.24, 2.45) is 5.73 Å². The Bertz CT molecular complexity index is 482. The van der Waals surface area contributed by atoms with E-state index >= 15 is 0 Å². The molecule has 0 aliphatic carbocycles. The fourth-order valence-corrected chi connectivity index (χ4v) is 1.79. The van der Waals surface area contributed by atoms with E-state index in [0.29, 0.717) is 0 Å². The second-order valence-corrected chi connectivity index (χ2v) is 4.39. The van der Waals surface area contributed by atoms with Gasteiger partial charge in [0, 0.05) is 0 Å². The first-order valence-corrected chi connectivity index (χ1v) is 5.86. The molecule has 0 fully saturated rings. The van der Waals surface area contributed by atoms with Crippen molar-refractivity contribution in [1.29, 1.82) is 0 Å². The molecule has 1 aromatic carbocycles. The van der Waals surface area contributed by atoms with Gasteiger partial charge in [-0.1, -0.05) is 13.8 Å². The Hall–Kier alpha value is -1.72. The lowest BCUT2D eigenvalue weighted by atomic mass is 9.94. The summed E-state index contributed by atoms with van der Waals surface area (Å²) in [6.07, 6.45) is -4.53. The molecule has 19 heavy (non-hydrogen) atoms. The summed E-state index contributed by atoms with van der Waals surface area (Å²) in [7, 11) is 0. The fraction of sp³-hybridized carbons (Fsp3) is 0.462. The Labute approximate surface area is 109 Å². The van der Waals surface area contributed by atoms with Crippen molar-refractivity contribution in [3.8, 4) is 5.75 Å². The van der Waals surface area contributed by atoms with Crippen LogP contribution >= 0.6 is 0 Å². The third kappa shape index (κ3) is 3.39. The highest BCUT2D eigenvalue weighted by atomic mass is 19.4. The molecule has 0 spiro atoms. The van der Waals surface area contributed by atoms with E-state index in [1.807, 2.05) is 0 Å². The van der Waals surface area contributed by atoms with Gasteiger partial charge >= 0.3 is 6.18 Å². The lowest BCUT2D eigenvalue weighted by Crippen LogP contribution is -2.17. The van der Waals surface area contributed by atoms with E-state index in [4.69, 9.17) is 10.5 Å². The van der Waals surface area contributed by atoms with Gasteiger partial charge in [-0.25, -0.2) is 0 Å². The maximum absolute atomic E-state index is 13.0. The molecule has 0 unspecified atom stereocenters. The second-order valence-electron chi connectivity index (χ2n) is 4.39.